The molecule has 0 amide bonds. The fourth-order valence-electron chi connectivity index (χ4n) is 8.67. The first-order valence-corrected chi connectivity index (χ1v) is 17.4. The number of hydrogen-bond donors (Lipinski definition) is 1. The number of nitrogens with one attached hydrogen (secondary N) is 1. The first-order chi connectivity index (χ1) is 18.4. The molecule has 5 atom stereocenters. The predicted molar refractivity (Wildman–Crippen MR) is 168 cm³/mol. The number of carbonyl (C=O) groups is 2. The Kier molecular flexibility index (Phi) is 10.3. The molecule has 1 fully saturated rings. The summed E-state index contributed by atoms with van der Waals surface area (Å²) >= 11 is 0. The molecular weight excluding hydrogens is 532 g/mol. The highest BCUT2D eigenvalue weighted by molar-refractivity contribution is 7.88. The van der Waals surface area contributed by atoms with Crippen molar-refractivity contribution in [3.63, 3.8) is 0 Å². The number of Topliss-reactive ketones (excluding diaryl/α,β-unsaturated/α-hetero) is 2. The van der Waals surface area contributed by atoms with Gasteiger partial charge in [0.15, 0.2) is 5.78 Å². The summed E-state index contributed by atoms with van der Waals surface area (Å²) in [7, 11) is -3.41. The molecule has 0 heterocycles. The van der Waals surface area contributed by atoms with Crippen LogP contribution in [-0.4, -0.2) is 31.8 Å². The molecule has 7 heteroatoms. The number of rotatable bonds is 13. The molecule has 0 radical (unpaired) electrons. The summed E-state index contributed by atoms with van der Waals surface area (Å²) in [5.41, 5.74) is -1.93. The van der Waals surface area contributed by atoms with Crippen LogP contribution in [0.4, 0.5) is 0 Å². The second kappa shape index (κ2) is 11.9. The van der Waals surface area contributed by atoms with Gasteiger partial charge in [-0.15, -0.1) is 0 Å². The summed E-state index contributed by atoms with van der Waals surface area (Å²) in [6.45, 7) is 23.3. The molecule has 1 N–H and O–H groups in total. The van der Waals surface area contributed by atoms with E-state index in [1.165, 1.54) is 6.26 Å². The van der Waals surface area contributed by atoms with Crippen LogP contribution in [0.1, 0.15) is 134 Å². The van der Waals surface area contributed by atoms with Gasteiger partial charge in [0.2, 0.25) is 10.0 Å². The van der Waals surface area contributed by atoms with Crippen LogP contribution in [0.5, 0.6) is 0 Å². The fraction of sp³-hybridized carbons (Fsp3) is 0.853. The summed E-state index contributed by atoms with van der Waals surface area (Å²) in [4.78, 5) is 26.0. The molecule has 0 saturated heterocycles. The number of ketones is 2. The molecule has 0 aliphatic heterocycles. The van der Waals surface area contributed by atoms with Crippen molar-refractivity contribution in [1.29, 1.82) is 5.26 Å². The van der Waals surface area contributed by atoms with Gasteiger partial charge in [-0.2, -0.15) is 5.26 Å². The minimum atomic E-state index is -3.41. The van der Waals surface area contributed by atoms with Crippen LogP contribution in [0, 0.1) is 50.2 Å². The second-order valence-electron chi connectivity index (χ2n) is 16.3. The molecule has 41 heavy (non-hydrogen) atoms. The van der Waals surface area contributed by atoms with Gasteiger partial charge in [0.05, 0.1) is 11.8 Å². The van der Waals surface area contributed by atoms with E-state index in [0.717, 1.165) is 44.9 Å². The van der Waals surface area contributed by atoms with Crippen LogP contribution in [0.15, 0.2) is 11.6 Å². The number of nitriles is 1. The smallest absolute Gasteiger partial charge is 0.209 e. The van der Waals surface area contributed by atoms with E-state index in [1.54, 1.807) is 6.92 Å². The molecule has 234 valence electrons. The number of allylic oxidation sites excluding steroid dienone is 2. The van der Waals surface area contributed by atoms with Crippen molar-refractivity contribution in [2.24, 2.45) is 38.9 Å². The predicted octanol–water partition coefficient (Wildman–Crippen LogP) is 7.78. The van der Waals surface area contributed by atoms with Crippen molar-refractivity contribution in [1.82, 2.24) is 4.72 Å². The van der Waals surface area contributed by atoms with Gasteiger partial charge in [-0.05, 0) is 92.3 Å². The summed E-state index contributed by atoms with van der Waals surface area (Å²) in [6, 6.07) is 2.17. The zero-order chi connectivity index (χ0) is 31.9. The molecule has 0 aromatic heterocycles. The second-order valence-corrected chi connectivity index (χ2v) is 18.0. The Bertz CT molecular complexity index is 1190. The monoisotopic (exact) mass is 590 g/mol. The first kappa shape index (κ1) is 35.7. The van der Waals surface area contributed by atoms with E-state index < -0.39 is 26.4 Å². The summed E-state index contributed by atoms with van der Waals surface area (Å²) in [5.74, 6) is -0.0110. The van der Waals surface area contributed by atoms with Crippen LogP contribution in [0.25, 0.3) is 0 Å². The van der Waals surface area contributed by atoms with Crippen LogP contribution in [0.3, 0.4) is 0 Å². The van der Waals surface area contributed by atoms with Gasteiger partial charge in [0, 0.05) is 17.4 Å². The maximum absolute atomic E-state index is 13.2. The molecular formula is C34H58N2O4S. The van der Waals surface area contributed by atoms with E-state index >= 15 is 0 Å². The minimum absolute atomic E-state index is 0.0331. The molecule has 2 aliphatic carbocycles. The molecule has 6 nitrogen and oxygen atoms in total. The van der Waals surface area contributed by atoms with Gasteiger partial charge in [-0.25, -0.2) is 13.1 Å². The zero-order valence-corrected chi connectivity index (χ0v) is 28.9. The zero-order valence-electron chi connectivity index (χ0n) is 28.1. The van der Waals surface area contributed by atoms with E-state index in [1.807, 2.05) is 26.8 Å². The Balaban J connectivity index is 2.52. The fourth-order valence-corrected chi connectivity index (χ4v) is 9.77. The molecule has 2 aliphatic rings. The Morgan fingerprint density at radius 1 is 1.05 bits per heavy atom. The van der Waals surface area contributed by atoms with E-state index in [9.17, 15) is 23.3 Å². The lowest BCUT2D eigenvalue weighted by Gasteiger charge is -2.64. The van der Waals surface area contributed by atoms with E-state index in [0.29, 0.717) is 12.8 Å². The van der Waals surface area contributed by atoms with Crippen molar-refractivity contribution >= 4 is 21.6 Å². The normalized spacial score (nSPS) is 30.1. The molecule has 1 saturated carbocycles. The highest BCUT2D eigenvalue weighted by Crippen LogP contribution is 2.68. The lowest BCUT2D eigenvalue weighted by Crippen LogP contribution is -2.60. The van der Waals surface area contributed by atoms with E-state index in [-0.39, 0.29) is 45.2 Å². The third-order valence-corrected chi connectivity index (χ3v) is 12.4. The number of carbonyl (C=O) groups excluding carboxylic acids is 2. The molecule has 0 bridgehead atoms. The summed E-state index contributed by atoms with van der Waals surface area (Å²) < 4.78 is 28.0. The van der Waals surface area contributed by atoms with Crippen molar-refractivity contribution in [2.75, 3.05) is 6.26 Å². The Morgan fingerprint density at radius 2 is 1.61 bits per heavy atom. The third-order valence-electron chi connectivity index (χ3n) is 11.6. The standard InChI is InChI=1S/C34H58N2O4S/c1-13-15-29(3,4)17-19-32(9,36-41(12,39)40)20-18-30(5,6)34(11)16-14-26-31(7,8)28(38)25(23-35)22-33(26,10)27(34)21-24(2)37/h22,26-27,36H,13-21H2,1-12H3/t26-,27?,32-,33-,34+/m0/s1. The molecule has 0 aromatic carbocycles. The highest BCUT2D eigenvalue weighted by Gasteiger charge is 2.63. The SMILES string of the molecule is CCCC(C)(C)CC[C@@](C)(CCC(C)(C)[C@]1(C)CC[C@H]2C(C)(C)C(=O)C(C#N)=C[C@]2(C)C1CC(C)=O)NS(C)(=O)=O. The molecule has 0 spiro atoms. The van der Waals surface area contributed by atoms with Gasteiger partial charge in [-0.3, -0.25) is 4.79 Å². The molecule has 2 rings (SSSR count). The van der Waals surface area contributed by atoms with Crippen molar-refractivity contribution in [3.05, 3.63) is 11.6 Å². The average Bonchev–Trinajstić information content (AvgIpc) is 2.80. The Morgan fingerprint density at radius 3 is 2.10 bits per heavy atom. The lowest BCUT2D eigenvalue weighted by atomic mass is 9.39. The quantitative estimate of drug-likeness (QED) is 0.236. The van der Waals surface area contributed by atoms with E-state index in [2.05, 4.69) is 59.3 Å². The van der Waals surface area contributed by atoms with Crippen LogP contribution >= 0.6 is 0 Å². The maximum Gasteiger partial charge on any atom is 0.209 e. The molecule has 0 aromatic rings. The Labute approximate surface area is 251 Å². The van der Waals surface area contributed by atoms with Gasteiger partial charge in [0.1, 0.15) is 11.9 Å². The van der Waals surface area contributed by atoms with Crippen LogP contribution in [-0.2, 0) is 19.6 Å². The molecule has 1 unspecified atom stereocenters. The largest absolute Gasteiger partial charge is 0.300 e. The number of nitrogens with zero attached hydrogens (tertiary/aromatic N) is 1. The summed E-state index contributed by atoms with van der Waals surface area (Å²) in [6.07, 6.45) is 10.6. The number of sulfonamides is 1. The average molecular weight is 591 g/mol. The summed E-state index contributed by atoms with van der Waals surface area (Å²) in [5, 5.41) is 9.90. The van der Waals surface area contributed by atoms with Gasteiger partial charge in [0.25, 0.3) is 0 Å². The first-order valence-electron chi connectivity index (χ1n) is 15.6. The van der Waals surface area contributed by atoms with Gasteiger partial charge >= 0.3 is 0 Å². The Hall–Kier alpha value is -1.52. The van der Waals surface area contributed by atoms with Crippen LogP contribution < -0.4 is 4.72 Å². The third kappa shape index (κ3) is 7.53. The minimum Gasteiger partial charge on any atom is -0.300 e. The highest BCUT2D eigenvalue weighted by atomic mass is 32.2. The number of fused-ring (bicyclic) bond motifs is 1. The lowest BCUT2D eigenvalue weighted by molar-refractivity contribution is -0.155. The van der Waals surface area contributed by atoms with E-state index in [4.69, 9.17) is 0 Å². The van der Waals surface area contributed by atoms with Crippen molar-refractivity contribution in [3.8, 4) is 6.07 Å². The topological polar surface area (TPSA) is 104 Å². The van der Waals surface area contributed by atoms with Gasteiger partial charge < -0.3 is 4.79 Å². The van der Waals surface area contributed by atoms with Gasteiger partial charge in [-0.1, -0.05) is 74.8 Å². The number of hydrogen-bond acceptors (Lipinski definition) is 5. The van der Waals surface area contributed by atoms with Crippen LogP contribution in [0.2, 0.25) is 0 Å². The maximum atomic E-state index is 13.2. The van der Waals surface area contributed by atoms with Crippen molar-refractivity contribution in [2.45, 2.75) is 139 Å². The van der Waals surface area contributed by atoms with Crippen molar-refractivity contribution < 1.29 is 18.0 Å².